The monoisotopic (exact) mass is 296 g/mol. The van der Waals surface area contributed by atoms with Crippen molar-refractivity contribution in [1.82, 2.24) is 0 Å². The van der Waals surface area contributed by atoms with Crippen molar-refractivity contribution in [3.63, 3.8) is 0 Å². The third-order valence-corrected chi connectivity index (χ3v) is 4.37. The van der Waals surface area contributed by atoms with Gasteiger partial charge in [-0.05, 0) is 59.3 Å². The van der Waals surface area contributed by atoms with Crippen LogP contribution in [0.5, 0.6) is 0 Å². The molecule has 0 amide bonds. The van der Waals surface area contributed by atoms with Crippen LogP contribution in [0.25, 0.3) is 0 Å². The fraction of sp³-hybridized carbons (Fsp3) is 0.571. The largest absolute Gasteiger partial charge is 0.399 e. The van der Waals surface area contributed by atoms with Crippen LogP contribution in [-0.4, -0.2) is 13.1 Å². The SMILES string of the molecule is CCC1CCCN(c2ccc(N)cc2Br)CC1. The molecule has 1 fully saturated rings. The molecule has 17 heavy (non-hydrogen) atoms. The number of anilines is 2. The van der Waals surface area contributed by atoms with Crippen LogP contribution in [0.15, 0.2) is 22.7 Å². The molecule has 2 N–H and O–H groups in total. The summed E-state index contributed by atoms with van der Waals surface area (Å²) in [7, 11) is 0. The van der Waals surface area contributed by atoms with Gasteiger partial charge in [-0.15, -0.1) is 0 Å². The smallest absolute Gasteiger partial charge is 0.0512 e. The molecule has 1 saturated heterocycles. The number of hydrogen-bond acceptors (Lipinski definition) is 2. The average Bonchev–Trinajstić information content (AvgIpc) is 2.54. The highest BCUT2D eigenvalue weighted by molar-refractivity contribution is 9.10. The summed E-state index contributed by atoms with van der Waals surface area (Å²) in [4.78, 5) is 2.49. The van der Waals surface area contributed by atoms with Gasteiger partial charge in [0.1, 0.15) is 0 Å². The normalized spacial score (nSPS) is 21.3. The topological polar surface area (TPSA) is 29.3 Å². The van der Waals surface area contributed by atoms with E-state index in [-0.39, 0.29) is 0 Å². The van der Waals surface area contributed by atoms with Gasteiger partial charge in [-0.25, -0.2) is 0 Å². The highest BCUT2D eigenvalue weighted by atomic mass is 79.9. The molecule has 2 nitrogen and oxygen atoms in total. The molecule has 1 aliphatic rings. The van der Waals surface area contributed by atoms with Crippen molar-refractivity contribution in [2.24, 2.45) is 5.92 Å². The highest BCUT2D eigenvalue weighted by Crippen LogP contribution is 2.31. The molecule has 0 aromatic heterocycles. The first-order valence-electron chi connectivity index (χ1n) is 6.50. The van der Waals surface area contributed by atoms with Crippen molar-refractivity contribution < 1.29 is 0 Å². The van der Waals surface area contributed by atoms with Crippen LogP contribution >= 0.6 is 15.9 Å². The third kappa shape index (κ3) is 3.15. The van der Waals surface area contributed by atoms with Crippen molar-refractivity contribution in [3.8, 4) is 0 Å². The Balaban J connectivity index is 2.11. The van der Waals surface area contributed by atoms with E-state index in [1.165, 1.54) is 44.5 Å². The Morgan fingerprint density at radius 3 is 2.88 bits per heavy atom. The van der Waals surface area contributed by atoms with Gasteiger partial charge in [0, 0.05) is 23.2 Å². The molecule has 1 aliphatic heterocycles. The number of nitrogens with zero attached hydrogens (tertiary/aromatic N) is 1. The Kier molecular flexibility index (Phi) is 4.32. The maximum absolute atomic E-state index is 5.78. The standard InChI is InChI=1S/C14H21BrN2/c1-2-11-4-3-8-17(9-7-11)14-6-5-12(16)10-13(14)15/h5-6,10-11H,2-4,7-9,16H2,1H3. The molecule has 1 atom stereocenters. The Morgan fingerprint density at radius 1 is 1.35 bits per heavy atom. The van der Waals surface area contributed by atoms with Crippen LogP contribution in [-0.2, 0) is 0 Å². The molecule has 1 heterocycles. The van der Waals surface area contributed by atoms with Gasteiger partial charge in [-0.3, -0.25) is 0 Å². The lowest BCUT2D eigenvalue weighted by Gasteiger charge is -2.24. The number of nitrogens with two attached hydrogens (primary N) is 1. The van der Waals surface area contributed by atoms with Gasteiger partial charge in [0.2, 0.25) is 0 Å². The molecule has 0 aliphatic carbocycles. The minimum atomic E-state index is 0.821. The predicted octanol–water partition coefficient (Wildman–Crippen LogP) is 4.05. The van der Waals surface area contributed by atoms with Crippen LogP contribution in [0.3, 0.4) is 0 Å². The fourth-order valence-electron chi connectivity index (χ4n) is 2.59. The summed E-state index contributed by atoms with van der Waals surface area (Å²) in [5.41, 5.74) is 7.89. The van der Waals surface area contributed by atoms with Gasteiger partial charge in [0.25, 0.3) is 0 Å². The molecule has 1 aromatic rings. The minimum Gasteiger partial charge on any atom is -0.399 e. The molecule has 0 saturated carbocycles. The van der Waals surface area contributed by atoms with Crippen LogP contribution in [0.2, 0.25) is 0 Å². The van der Waals surface area contributed by atoms with Gasteiger partial charge < -0.3 is 10.6 Å². The minimum absolute atomic E-state index is 0.821. The van der Waals surface area contributed by atoms with E-state index in [1.807, 2.05) is 12.1 Å². The van der Waals surface area contributed by atoms with Gasteiger partial charge in [-0.2, -0.15) is 0 Å². The number of hydrogen-bond donors (Lipinski definition) is 1. The molecule has 0 bridgehead atoms. The van der Waals surface area contributed by atoms with Crippen LogP contribution in [0.1, 0.15) is 32.6 Å². The van der Waals surface area contributed by atoms with Crippen molar-refractivity contribution in [1.29, 1.82) is 0 Å². The molecule has 2 rings (SSSR count). The van der Waals surface area contributed by atoms with E-state index in [4.69, 9.17) is 5.73 Å². The Morgan fingerprint density at radius 2 is 2.18 bits per heavy atom. The zero-order valence-electron chi connectivity index (χ0n) is 10.5. The summed E-state index contributed by atoms with van der Waals surface area (Å²) >= 11 is 3.62. The lowest BCUT2D eigenvalue weighted by molar-refractivity contribution is 0.459. The number of rotatable bonds is 2. The Hall–Kier alpha value is -0.700. The first-order chi connectivity index (χ1) is 8.20. The molecule has 1 unspecified atom stereocenters. The van der Waals surface area contributed by atoms with Gasteiger partial charge in [0.15, 0.2) is 0 Å². The lowest BCUT2D eigenvalue weighted by Crippen LogP contribution is -2.24. The van der Waals surface area contributed by atoms with Crippen molar-refractivity contribution in [2.75, 3.05) is 23.7 Å². The number of halogens is 1. The summed E-state index contributed by atoms with van der Waals surface area (Å²) in [5.74, 6) is 0.910. The van der Waals surface area contributed by atoms with Crippen LogP contribution in [0, 0.1) is 5.92 Å². The van der Waals surface area contributed by atoms with Gasteiger partial charge >= 0.3 is 0 Å². The molecule has 1 aromatic carbocycles. The third-order valence-electron chi connectivity index (χ3n) is 3.74. The van der Waals surface area contributed by atoms with Crippen molar-refractivity contribution in [2.45, 2.75) is 32.6 Å². The Bertz CT molecular complexity index is 378. The zero-order chi connectivity index (χ0) is 12.3. The van der Waals surface area contributed by atoms with Crippen molar-refractivity contribution >= 4 is 27.3 Å². The number of nitrogen functional groups attached to an aromatic ring is 1. The molecule has 0 spiro atoms. The van der Waals surface area contributed by atoms with Gasteiger partial charge in [0.05, 0.1) is 5.69 Å². The molecule has 94 valence electrons. The van der Waals surface area contributed by atoms with Crippen LogP contribution in [0.4, 0.5) is 11.4 Å². The van der Waals surface area contributed by atoms with Gasteiger partial charge in [-0.1, -0.05) is 13.3 Å². The summed E-state index contributed by atoms with van der Waals surface area (Å²) < 4.78 is 1.12. The highest BCUT2D eigenvalue weighted by Gasteiger charge is 2.17. The maximum Gasteiger partial charge on any atom is 0.0512 e. The zero-order valence-corrected chi connectivity index (χ0v) is 12.0. The second-order valence-electron chi connectivity index (χ2n) is 4.90. The fourth-order valence-corrected chi connectivity index (χ4v) is 3.24. The molecular formula is C14H21BrN2. The quantitative estimate of drug-likeness (QED) is 0.834. The average molecular weight is 297 g/mol. The summed E-state index contributed by atoms with van der Waals surface area (Å²) in [6.07, 6.45) is 5.30. The second kappa shape index (κ2) is 5.76. The maximum atomic E-state index is 5.78. The van der Waals surface area contributed by atoms with E-state index in [0.717, 1.165) is 16.1 Å². The predicted molar refractivity (Wildman–Crippen MR) is 78.4 cm³/mol. The summed E-state index contributed by atoms with van der Waals surface area (Å²) in [6, 6.07) is 6.12. The van der Waals surface area contributed by atoms with E-state index >= 15 is 0 Å². The first kappa shape index (κ1) is 12.7. The van der Waals surface area contributed by atoms with E-state index in [9.17, 15) is 0 Å². The molecule has 0 radical (unpaired) electrons. The van der Waals surface area contributed by atoms with E-state index in [1.54, 1.807) is 0 Å². The van der Waals surface area contributed by atoms with E-state index in [0.29, 0.717) is 0 Å². The molecular weight excluding hydrogens is 276 g/mol. The second-order valence-corrected chi connectivity index (χ2v) is 5.76. The number of benzene rings is 1. The molecule has 3 heteroatoms. The Labute approximate surface area is 112 Å². The lowest BCUT2D eigenvalue weighted by atomic mass is 9.98. The van der Waals surface area contributed by atoms with Crippen molar-refractivity contribution in [3.05, 3.63) is 22.7 Å². The van der Waals surface area contributed by atoms with E-state index < -0.39 is 0 Å². The summed E-state index contributed by atoms with van der Waals surface area (Å²) in [6.45, 7) is 4.64. The summed E-state index contributed by atoms with van der Waals surface area (Å²) in [5, 5.41) is 0. The van der Waals surface area contributed by atoms with E-state index in [2.05, 4.69) is 33.8 Å². The van der Waals surface area contributed by atoms with Crippen LogP contribution < -0.4 is 10.6 Å². The first-order valence-corrected chi connectivity index (χ1v) is 7.30.